The summed E-state index contributed by atoms with van der Waals surface area (Å²) in [5.41, 5.74) is 8.22. The van der Waals surface area contributed by atoms with Gasteiger partial charge in [0.25, 0.3) is 5.91 Å². The van der Waals surface area contributed by atoms with Crippen molar-refractivity contribution in [1.82, 2.24) is 14.7 Å². The van der Waals surface area contributed by atoms with E-state index < -0.39 is 0 Å². The minimum atomic E-state index is 0.00192. The Morgan fingerprint density at radius 3 is 2.83 bits per heavy atom. The molecule has 3 N–H and O–H groups in total. The average Bonchev–Trinajstić information content (AvgIpc) is 3.17. The first kappa shape index (κ1) is 16.5. The number of phenolic OH excluding ortho intramolecular Hbond substituents is 1. The van der Waals surface area contributed by atoms with Crippen LogP contribution in [-0.2, 0) is 13.0 Å². The number of amides is 1. The standard InChI is InChI=1S/C18H24N4O2/c1-13-10-17(20-22(13)9-7-19)18(24)21-8-6-15(12-21)11-14-2-4-16(23)5-3-14/h2-5,10,15,23H,6-9,11-12,19H2,1H3. The molecule has 2 heterocycles. The van der Waals surface area contributed by atoms with Gasteiger partial charge in [-0.1, -0.05) is 12.1 Å². The summed E-state index contributed by atoms with van der Waals surface area (Å²) in [7, 11) is 0. The predicted octanol–water partition coefficient (Wildman–Crippen LogP) is 1.56. The fourth-order valence-corrected chi connectivity index (χ4v) is 3.27. The highest BCUT2D eigenvalue weighted by Crippen LogP contribution is 2.23. The molecule has 6 nitrogen and oxygen atoms in total. The zero-order valence-corrected chi connectivity index (χ0v) is 14.0. The maximum Gasteiger partial charge on any atom is 0.274 e. The van der Waals surface area contributed by atoms with Crippen LogP contribution in [0.5, 0.6) is 5.75 Å². The first-order valence-corrected chi connectivity index (χ1v) is 8.38. The molecule has 1 aliphatic rings. The number of hydrogen-bond acceptors (Lipinski definition) is 4. The van der Waals surface area contributed by atoms with Crippen molar-refractivity contribution in [3.05, 3.63) is 47.3 Å². The Hall–Kier alpha value is -2.34. The number of likely N-dealkylation sites (tertiary alicyclic amines) is 1. The third kappa shape index (κ3) is 3.59. The molecule has 0 radical (unpaired) electrons. The molecule has 1 unspecified atom stereocenters. The predicted molar refractivity (Wildman–Crippen MR) is 91.8 cm³/mol. The summed E-state index contributed by atoms with van der Waals surface area (Å²) in [6, 6.07) is 9.14. The number of benzene rings is 1. The van der Waals surface area contributed by atoms with Crippen LogP contribution in [-0.4, -0.2) is 45.3 Å². The minimum Gasteiger partial charge on any atom is -0.508 e. The number of aryl methyl sites for hydroxylation is 1. The molecular weight excluding hydrogens is 304 g/mol. The van der Waals surface area contributed by atoms with Crippen molar-refractivity contribution in [2.45, 2.75) is 26.3 Å². The fourth-order valence-electron chi connectivity index (χ4n) is 3.27. The molecular formula is C18H24N4O2. The summed E-state index contributed by atoms with van der Waals surface area (Å²) in [6.45, 7) is 4.60. The van der Waals surface area contributed by atoms with Gasteiger partial charge in [0.05, 0.1) is 6.54 Å². The topological polar surface area (TPSA) is 84.4 Å². The van der Waals surface area contributed by atoms with Gasteiger partial charge in [-0.25, -0.2) is 0 Å². The Labute approximate surface area is 141 Å². The second-order valence-corrected chi connectivity index (χ2v) is 6.46. The number of carbonyl (C=O) groups is 1. The number of rotatable bonds is 5. The third-order valence-electron chi connectivity index (χ3n) is 4.57. The van der Waals surface area contributed by atoms with Gasteiger partial charge in [-0.15, -0.1) is 0 Å². The van der Waals surface area contributed by atoms with Crippen LogP contribution in [0, 0.1) is 12.8 Å². The Kier molecular flexibility index (Phi) is 4.85. The Balaban J connectivity index is 1.61. The lowest BCUT2D eigenvalue weighted by molar-refractivity contribution is 0.0780. The van der Waals surface area contributed by atoms with Crippen LogP contribution in [0.4, 0.5) is 0 Å². The minimum absolute atomic E-state index is 0.00192. The maximum absolute atomic E-state index is 12.6. The van der Waals surface area contributed by atoms with E-state index in [0.717, 1.165) is 31.6 Å². The highest BCUT2D eigenvalue weighted by atomic mass is 16.3. The Morgan fingerprint density at radius 1 is 1.38 bits per heavy atom. The van der Waals surface area contributed by atoms with Gasteiger partial charge in [0.1, 0.15) is 5.75 Å². The zero-order chi connectivity index (χ0) is 17.1. The lowest BCUT2D eigenvalue weighted by Crippen LogP contribution is -2.29. The third-order valence-corrected chi connectivity index (χ3v) is 4.57. The van der Waals surface area contributed by atoms with Crippen LogP contribution in [0.15, 0.2) is 30.3 Å². The molecule has 1 fully saturated rings. The van der Waals surface area contributed by atoms with E-state index in [2.05, 4.69) is 5.10 Å². The van der Waals surface area contributed by atoms with E-state index in [9.17, 15) is 9.90 Å². The smallest absolute Gasteiger partial charge is 0.274 e. The van der Waals surface area contributed by atoms with Gasteiger partial charge in [-0.05, 0) is 49.4 Å². The van der Waals surface area contributed by atoms with Crippen molar-refractivity contribution in [3.63, 3.8) is 0 Å². The average molecular weight is 328 g/mol. The number of aromatic hydroxyl groups is 1. The lowest BCUT2D eigenvalue weighted by Gasteiger charge is -2.15. The van der Waals surface area contributed by atoms with E-state index >= 15 is 0 Å². The van der Waals surface area contributed by atoms with Crippen molar-refractivity contribution in [3.8, 4) is 5.75 Å². The largest absolute Gasteiger partial charge is 0.508 e. The number of phenols is 1. The monoisotopic (exact) mass is 328 g/mol. The molecule has 24 heavy (non-hydrogen) atoms. The molecule has 0 spiro atoms. The molecule has 1 saturated heterocycles. The van der Waals surface area contributed by atoms with E-state index in [4.69, 9.17) is 5.73 Å². The van der Waals surface area contributed by atoms with Crippen molar-refractivity contribution in [1.29, 1.82) is 0 Å². The van der Waals surface area contributed by atoms with E-state index in [1.807, 2.05) is 30.0 Å². The van der Waals surface area contributed by atoms with Gasteiger partial charge in [0.15, 0.2) is 5.69 Å². The quantitative estimate of drug-likeness (QED) is 0.872. The highest BCUT2D eigenvalue weighted by molar-refractivity contribution is 5.92. The summed E-state index contributed by atoms with van der Waals surface area (Å²) in [5, 5.41) is 13.7. The Bertz CT molecular complexity index is 708. The number of nitrogens with zero attached hydrogens (tertiary/aromatic N) is 3. The second-order valence-electron chi connectivity index (χ2n) is 6.46. The SMILES string of the molecule is Cc1cc(C(=O)N2CCC(Cc3ccc(O)cc3)C2)nn1CCN. The first-order chi connectivity index (χ1) is 11.6. The molecule has 1 aromatic carbocycles. The highest BCUT2D eigenvalue weighted by Gasteiger charge is 2.28. The van der Waals surface area contributed by atoms with Gasteiger partial charge in [0.2, 0.25) is 0 Å². The van der Waals surface area contributed by atoms with Gasteiger partial charge in [0, 0.05) is 25.3 Å². The van der Waals surface area contributed by atoms with E-state index in [1.54, 1.807) is 16.8 Å². The second kappa shape index (κ2) is 7.05. The number of nitrogens with two attached hydrogens (primary N) is 1. The number of hydrogen-bond donors (Lipinski definition) is 2. The van der Waals surface area contributed by atoms with Crippen molar-refractivity contribution in [2.24, 2.45) is 11.7 Å². The van der Waals surface area contributed by atoms with E-state index in [0.29, 0.717) is 24.7 Å². The van der Waals surface area contributed by atoms with Gasteiger partial charge in [-0.2, -0.15) is 5.10 Å². The van der Waals surface area contributed by atoms with Gasteiger partial charge < -0.3 is 15.7 Å². The zero-order valence-electron chi connectivity index (χ0n) is 14.0. The van der Waals surface area contributed by atoms with Gasteiger partial charge in [-0.3, -0.25) is 9.48 Å². The van der Waals surface area contributed by atoms with Gasteiger partial charge >= 0.3 is 0 Å². The molecule has 1 atom stereocenters. The van der Waals surface area contributed by atoms with Crippen LogP contribution >= 0.6 is 0 Å². The van der Waals surface area contributed by atoms with Crippen LogP contribution in [0.1, 0.15) is 28.2 Å². The molecule has 128 valence electrons. The number of aromatic nitrogens is 2. The summed E-state index contributed by atoms with van der Waals surface area (Å²) >= 11 is 0. The summed E-state index contributed by atoms with van der Waals surface area (Å²) in [6.07, 6.45) is 1.92. The molecule has 0 aliphatic carbocycles. The van der Waals surface area contributed by atoms with Crippen molar-refractivity contribution < 1.29 is 9.90 Å². The molecule has 6 heteroatoms. The van der Waals surface area contributed by atoms with Crippen LogP contribution in [0.25, 0.3) is 0 Å². The molecule has 0 saturated carbocycles. The van der Waals surface area contributed by atoms with E-state index in [-0.39, 0.29) is 11.7 Å². The van der Waals surface area contributed by atoms with Crippen LogP contribution in [0.3, 0.4) is 0 Å². The summed E-state index contributed by atoms with van der Waals surface area (Å²) in [5.74, 6) is 0.734. The van der Waals surface area contributed by atoms with Crippen molar-refractivity contribution in [2.75, 3.05) is 19.6 Å². The normalized spacial score (nSPS) is 17.4. The summed E-state index contributed by atoms with van der Waals surface area (Å²) in [4.78, 5) is 14.5. The molecule has 2 aromatic rings. The van der Waals surface area contributed by atoms with E-state index in [1.165, 1.54) is 5.56 Å². The molecule has 1 amide bonds. The van der Waals surface area contributed by atoms with Crippen LogP contribution in [0.2, 0.25) is 0 Å². The fraction of sp³-hybridized carbons (Fsp3) is 0.444. The molecule has 3 rings (SSSR count). The Morgan fingerprint density at radius 2 is 2.12 bits per heavy atom. The molecule has 0 bridgehead atoms. The summed E-state index contributed by atoms with van der Waals surface area (Å²) < 4.78 is 1.79. The maximum atomic E-state index is 12.6. The first-order valence-electron chi connectivity index (χ1n) is 8.38. The molecule has 1 aliphatic heterocycles. The lowest BCUT2D eigenvalue weighted by atomic mass is 9.99. The van der Waals surface area contributed by atoms with Crippen molar-refractivity contribution >= 4 is 5.91 Å². The molecule has 1 aromatic heterocycles. The number of carbonyl (C=O) groups excluding carboxylic acids is 1. The van der Waals surface area contributed by atoms with Crippen LogP contribution < -0.4 is 5.73 Å².